The third kappa shape index (κ3) is 2.56. The van der Waals surface area contributed by atoms with E-state index < -0.39 is 12.0 Å². The van der Waals surface area contributed by atoms with Gasteiger partial charge in [-0.2, -0.15) is 0 Å². The van der Waals surface area contributed by atoms with Gasteiger partial charge in [-0.05, 0) is 51.1 Å². The van der Waals surface area contributed by atoms with Crippen molar-refractivity contribution in [2.24, 2.45) is 11.3 Å². The first-order chi connectivity index (χ1) is 10.0. The van der Waals surface area contributed by atoms with Crippen molar-refractivity contribution in [1.82, 2.24) is 10.2 Å². The van der Waals surface area contributed by atoms with Gasteiger partial charge in [0.2, 0.25) is 5.91 Å². The standard InChI is InChI=1S/C16H26N2O3/c1-16(6-8-17-9-7-16)15(21)18-12-5-3-2-4-11(12)10-13(18)14(19)20/h11-13,17H,2-10H2,1H3,(H,19,20). The largest absolute Gasteiger partial charge is 0.480 e. The average Bonchev–Trinajstić information content (AvgIpc) is 2.86. The minimum absolute atomic E-state index is 0.0887. The molecule has 5 heteroatoms. The molecule has 2 saturated heterocycles. The predicted molar refractivity (Wildman–Crippen MR) is 78.8 cm³/mol. The molecule has 1 saturated carbocycles. The van der Waals surface area contributed by atoms with Crippen LogP contribution in [0.3, 0.4) is 0 Å². The Kier molecular flexibility index (Phi) is 3.95. The van der Waals surface area contributed by atoms with Gasteiger partial charge in [0.1, 0.15) is 6.04 Å². The molecule has 1 aliphatic carbocycles. The molecule has 3 aliphatic rings. The van der Waals surface area contributed by atoms with Crippen molar-refractivity contribution in [1.29, 1.82) is 0 Å². The maximum Gasteiger partial charge on any atom is 0.326 e. The van der Waals surface area contributed by atoms with E-state index in [2.05, 4.69) is 5.32 Å². The lowest BCUT2D eigenvalue weighted by molar-refractivity contribution is -0.155. The molecular weight excluding hydrogens is 268 g/mol. The van der Waals surface area contributed by atoms with E-state index in [4.69, 9.17) is 0 Å². The highest BCUT2D eigenvalue weighted by atomic mass is 16.4. The van der Waals surface area contributed by atoms with Crippen LogP contribution in [0.4, 0.5) is 0 Å². The minimum Gasteiger partial charge on any atom is -0.480 e. The van der Waals surface area contributed by atoms with Crippen LogP contribution in [0.25, 0.3) is 0 Å². The molecule has 2 N–H and O–H groups in total. The molecule has 0 aromatic heterocycles. The summed E-state index contributed by atoms with van der Waals surface area (Å²) >= 11 is 0. The number of nitrogens with zero attached hydrogens (tertiary/aromatic N) is 1. The van der Waals surface area contributed by atoms with Crippen LogP contribution in [0.2, 0.25) is 0 Å². The molecule has 21 heavy (non-hydrogen) atoms. The fraction of sp³-hybridized carbons (Fsp3) is 0.875. The lowest BCUT2D eigenvalue weighted by atomic mass is 9.78. The lowest BCUT2D eigenvalue weighted by Gasteiger charge is -2.41. The first kappa shape index (κ1) is 14.8. The van der Waals surface area contributed by atoms with Crippen molar-refractivity contribution in [3.63, 3.8) is 0 Å². The number of carboxylic acids is 1. The predicted octanol–water partition coefficient (Wildman–Crippen LogP) is 1.62. The molecule has 2 heterocycles. The van der Waals surface area contributed by atoms with Gasteiger partial charge in [0.05, 0.1) is 0 Å². The summed E-state index contributed by atoms with van der Waals surface area (Å²) in [5, 5.41) is 12.8. The molecule has 3 unspecified atom stereocenters. The fourth-order valence-corrected chi connectivity index (χ4v) is 4.48. The summed E-state index contributed by atoms with van der Waals surface area (Å²) in [6.07, 6.45) is 6.63. The monoisotopic (exact) mass is 294 g/mol. The van der Waals surface area contributed by atoms with Gasteiger partial charge in [-0.3, -0.25) is 4.79 Å². The number of carboxylic acid groups (broad SMARTS) is 1. The van der Waals surface area contributed by atoms with E-state index in [9.17, 15) is 14.7 Å². The van der Waals surface area contributed by atoms with E-state index in [-0.39, 0.29) is 17.4 Å². The first-order valence-electron chi connectivity index (χ1n) is 8.29. The van der Waals surface area contributed by atoms with Crippen molar-refractivity contribution >= 4 is 11.9 Å². The number of piperidine rings is 1. The molecule has 3 fully saturated rings. The topological polar surface area (TPSA) is 69.6 Å². The van der Waals surface area contributed by atoms with E-state index in [1.54, 1.807) is 4.90 Å². The molecule has 3 atom stereocenters. The van der Waals surface area contributed by atoms with Crippen LogP contribution in [0, 0.1) is 11.3 Å². The number of fused-ring (bicyclic) bond motifs is 1. The average molecular weight is 294 g/mol. The number of likely N-dealkylation sites (tertiary alicyclic amines) is 1. The SMILES string of the molecule is CC1(C(=O)N2C(C(=O)O)CC3CCCCC32)CCNCC1. The highest BCUT2D eigenvalue weighted by molar-refractivity contribution is 5.88. The van der Waals surface area contributed by atoms with Crippen molar-refractivity contribution in [3.05, 3.63) is 0 Å². The van der Waals surface area contributed by atoms with Gasteiger partial charge >= 0.3 is 5.97 Å². The number of amides is 1. The van der Waals surface area contributed by atoms with Gasteiger partial charge in [0, 0.05) is 11.5 Å². The van der Waals surface area contributed by atoms with E-state index >= 15 is 0 Å². The smallest absolute Gasteiger partial charge is 0.326 e. The molecule has 118 valence electrons. The van der Waals surface area contributed by atoms with Crippen LogP contribution in [-0.4, -0.2) is 47.1 Å². The zero-order valence-electron chi connectivity index (χ0n) is 12.8. The Bertz CT molecular complexity index is 431. The van der Waals surface area contributed by atoms with Gasteiger partial charge in [-0.1, -0.05) is 19.8 Å². The Balaban J connectivity index is 1.85. The molecule has 1 amide bonds. The Hall–Kier alpha value is -1.10. The highest BCUT2D eigenvalue weighted by Crippen LogP contribution is 2.43. The van der Waals surface area contributed by atoms with E-state index in [0.29, 0.717) is 12.3 Å². The molecule has 0 bridgehead atoms. The maximum absolute atomic E-state index is 13.1. The summed E-state index contributed by atoms with van der Waals surface area (Å²) in [6.45, 7) is 3.72. The number of aliphatic carboxylic acids is 1. The van der Waals surface area contributed by atoms with Crippen molar-refractivity contribution < 1.29 is 14.7 Å². The number of carbonyl (C=O) groups is 2. The maximum atomic E-state index is 13.1. The van der Waals surface area contributed by atoms with Gasteiger partial charge in [-0.15, -0.1) is 0 Å². The zero-order valence-corrected chi connectivity index (χ0v) is 12.8. The van der Waals surface area contributed by atoms with Crippen LogP contribution in [0.15, 0.2) is 0 Å². The fourth-order valence-electron chi connectivity index (χ4n) is 4.48. The van der Waals surface area contributed by atoms with Crippen LogP contribution in [-0.2, 0) is 9.59 Å². The van der Waals surface area contributed by atoms with Crippen molar-refractivity contribution in [2.45, 2.75) is 64.0 Å². The Morgan fingerprint density at radius 2 is 1.86 bits per heavy atom. The van der Waals surface area contributed by atoms with Crippen LogP contribution in [0.5, 0.6) is 0 Å². The third-order valence-corrected chi connectivity index (χ3v) is 5.83. The highest BCUT2D eigenvalue weighted by Gasteiger charge is 2.51. The van der Waals surface area contributed by atoms with Gasteiger partial charge in [0.25, 0.3) is 0 Å². The van der Waals surface area contributed by atoms with Gasteiger partial charge in [-0.25, -0.2) is 4.79 Å². The molecule has 3 rings (SSSR count). The quantitative estimate of drug-likeness (QED) is 0.812. The first-order valence-corrected chi connectivity index (χ1v) is 8.29. The minimum atomic E-state index is -0.824. The summed E-state index contributed by atoms with van der Waals surface area (Å²) in [5.74, 6) is -0.338. The van der Waals surface area contributed by atoms with E-state index in [1.807, 2.05) is 6.92 Å². The second kappa shape index (κ2) is 5.59. The zero-order chi connectivity index (χ0) is 15.0. The van der Waals surface area contributed by atoms with Gasteiger partial charge in [0.15, 0.2) is 0 Å². The molecule has 0 aromatic carbocycles. The molecule has 2 aliphatic heterocycles. The van der Waals surface area contributed by atoms with Crippen LogP contribution < -0.4 is 5.32 Å². The van der Waals surface area contributed by atoms with E-state index in [1.165, 1.54) is 6.42 Å². The Labute approximate surface area is 126 Å². The summed E-state index contributed by atoms with van der Waals surface area (Å²) < 4.78 is 0. The van der Waals surface area contributed by atoms with Crippen molar-refractivity contribution in [2.75, 3.05) is 13.1 Å². The normalized spacial score (nSPS) is 35.3. The number of carbonyl (C=O) groups excluding carboxylic acids is 1. The second-order valence-electron chi connectivity index (χ2n) is 7.22. The third-order valence-electron chi connectivity index (χ3n) is 5.83. The number of nitrogens with one attached hydrogen (secondary N) is 1. The second-order valence-corrected chi connectivity index (χ2v) is 7.22. The van der Waals surface area contributed by atoms with Crippen LogP contribution in [0.1, 0.15) is 51.9 Å². The Morgan fingerprint density at radius 1 is 1.19 bits per heavy atom. The van der Waals surface area contributed by atoms with Crippen molar-refractivity contribution in [3.8, 4) is 0 Å². The molecule has 5 nitrogen and oxygen atoms in total. The molecule has 0 aromatic rings. The van der Waals surface area contributed by atoms with Crippen LogP contribution >= 0.6 is 0 Å². The summed E-state index contributed by atoms with van der Waals surface area (Å²) in [5.41, 5.74) is -0.384. The molecule has 0 radical (unpaired) electrons. The number of rotatable bonds is 2. The Morgan fingerprint density at radius 3 is 2.52 bits per heavy atom. The molecular formula is C16H26N2O3. The summed E-state index contributed by atoms with van der Waals surface area (Å²) in [6, 6.07) is -0.434. The number of hydrogen-bond donors (Lipinski definition) is 2. The summed E-state index contributed by atoms with van der Waals surface area (Å²) in [4.78, 5) is 26.5. The van der Waals surface area contributed by atoms with Gasteiger partial charge < -0.3 is 15.3 Å². The van der Waals surface area contributed by atoms with E-state index in [0.717, 1.165) is 45.2 Å². The number of hydrogen-bond acceptors (Lipinski definition) is 3. The summed E-state index contributed by atoms with van der Waals surface area (Å²) in [7, 11) is 0. The lowest BCUT2D eigenvalue weighted by Crippen LogP contribution is -2.54. The molecule has 0 spiro atoms.